The van der Waals surface area contributed by atoms with E-state index in [2.05, 4.69) is 83.5 Å². The van der Waals surface area contributed by atoms with Crippen LogP contribution < -0.4 is 0 Å². The molecule has 3 aromatic rings. The molecule has 0 N–H and O–H groups in total. The van der Waals surface area contributed by atoms with Gasteiger partial charge in [0.05, 0.1) is 11.2 Å². The van der Waals surface area contributed by atoms with Gasteiger partial charge in [0.1, 0.15) is 0 Å². The molecule has 1 aliphatic carbocycles. The Hall–Kier alpha value is -2.54. The van der Waals surface area contributed by atoms with Gasteiger partial charge in [-0.15, -0.1) is 0 Å². The monoisotopic (exact) mass is 257 g/mol. The van der Waals surface area contributed by atoms with Gasteiger partial charge in [0, 0.05) is 16.6 Å². The fourth-order valence-electron chi connectivity index (χ4n) is 2.92. The molecule has 1 heterocycles. The first-order valence-corrected chi connectivity index (χ1v) is 6.97. The van der Waals surface area contributed by atoms with E-state index in [9.17, 15) is 0 Å². The third-order valence-electron chi connectivity index (χ3n) is 3.80. The molecule has 0 bridgehead atoms. The Morgan fingerprint density at radius 3 is 2.40 bits per heavy atom. The lowest BCUT2D eigenvalue weighted by molar-refractivity contribution is 1.10. The van der Waals surface area contributed by atoms with Gasteiger partial charge in [-0.25, -0.2) is 0 Å². The molecule has 0 saturated heterocycles. The van der Waals surface area contributed by atoms with Crippen LogP contribution in [0.15, 0.2) is 66.7 Å². The topological polar surface area (TPSA) is 4.93 Å². The van der Waals surface area contributed by atoms with Gasteiger partial charge < -0.3 is 4.57 Å². The highest BCUT2D eigenvalue weighted by Crippen LogP contribution is 2.32. The van der Waals surface area contributed by atoms with Crippen molar-refractivity contribution in [1.82, 2.24) is 4.57 Å². The van der Waals surface area contributed by atoms with E-state index in [0.717, 1.165) is 6.42 Å². The van der Waals surface area contributed by atoms with E-state index in [1.807, 2.05) is 0 Å². The normalized spacial score (nSPS) is 13.4. The Balaban J connectivity index is 2.15. The molecule has 0 spiro atoms. The smallest absolute Gasteiger partial charge is 0.0541 e. The summed E-state index contributed by atoms with van der Waals surface area (Å²) in [5.41, 5.74) is 5.06. The van der Waals surface area contributed by atoms with Crippen molar-refractivity contribution in [3.05, 3.63) is 78.0 Å². The number of rotatable bonds is 1. The molecule has 2 aromatic carbocycles. The van der Waals surface area contributed by atoms with Crippen LogP contribution in [0.25, 0.3) is 28.7 Å². The molecule has 1 nitrogen and oxygen atoms in total. The third kappa shape index (κ3) is 1.64. The summed E-state index contributed by atoms with van der Waals surface area (Å²) in [4.78, 5) is 0. The Kier molecular flexibility index (Phi) is 2.56. The highest BCUT2D eigenvalue weighted by Gasteiger charge is 2.14. The lowest BCUT2D eigenvalue weighted by atomic mass is 10.1. The van der Waals surface area contributed by atoms with Gasteiger partial charge in [-0.05, 0) is 30.7 Å². The van der Waals surface area contributed by atoms with Crippen LogP contribution in [0.4, 0.5) is 0 Å². The van der Waals surface area contributed by atoms with Crippen molar-refractivity contribution < 1.29 is 0 Å². The molecule has 4 rings (SSSR count). The van der Waals surface area contributed by atoms with Crippen LogP contribution in [0.2, 0.25) is 0 Å². The second-order valence-corrected chi connectivity index (χ2v) is 5.03. The molecule has 0 fully saturated rings. The zero-order chi connectivity index (χ0) is 13.4. The lowest BCUT2D eigenvalue weighted by Gasteiger charge is -2.08. The summed E-state index contributed by atoms with van der Waals surface area (Å²) in [7, 11) is 0. The summed E-state index contributed by atoms with van der Waals surface area (Å²) < 4.78 is 2.34. The molecular formula is C19H15N. The maximum absolute atomic E-state index is 2.34. The van der Waals surface area contributed by atoms with E-state index in [0.29, 0.717) is 0 Å². The van der Waals surface area contributed by atoms with E-state index < -0.39 is 0 Å². The molecule has 0 radical (unpaired) electrons. The van der Waals surface area contributed by atoms with Crippen LogP contribution >= 0.6 is 0 Å². The van der Waals surface area contributed by atoms with Gasteiger partial charge >= 0.3 is 0 Å². The zero-order valence-corrected chi connectivity index (χ0v) is 11.2. The number of allylic oxidation sites excluding steroid dienone is 2. The standard InChI is InChI=1S/C19H15N/c1-3-9-15(10-4-1)20-18-13-6-2-5-11-16(18)17-12-7-8-14-19(17)20/h1,3-14H,2H2. The largest absolute Gasteiger partial charge is 0.309 e. The van der Waals surface area contributed by atoms with E-state index >= 15 is 0 Å². The Bertz CT molecular complexity index is 820. The molecule has 20 heavy (non-hydrogen) atoms. The van der Waals surface area contributed by atoms with Crippen LogP contribution in [0.5, 0.6) is 0 Å². The van der Waals surface area contributed by atoms with Crippen LogP contribution in [0, 0.1) is 0 Å². The summed E-state index contributed by atoms with van der Waals surface area (Å²) in [5, 5.41) is 1.31. The summed E-state index contributed by atoms with van der Waals surface area (Å²) in [6, 6.07) is 19.2. The predicted octanol–water partition coefficient (Wildman–Crippen LogP) is 5.06. The van der Waals surface area contributed by atoms with Gasteiger partial charge in [-0.3, -0.25) is 0 Å². The van der Waals surface area contributed by atoms with Gasteiger partial charge in [0.2, 0.25) is 0 Å². The highest BCUT2D eigenvalue weighted by atomic mass is 15.0. The van der Waals surface area contributed by atoms with E-state index in [1.165, 1.54) is 27.8 Å². The molecule has 1 aliphatic rings. The minimum atomic E-state index is 0.998. The summed E-state index contributed by atoms with van der Waals surface area (Å²) in [6.07, 6.45) is 9.93. The average molecular weight is 257 g/mol. The summed E-state index contributed by atoms with van der Waals surface area (Å²) in [6.45, 7) is 0. The van der Waals surface area contributed by atoms with Crippen molar-refractivity contribution in [3.63, 3.8) is 0 Å². The van der Waals surface area contributed by atoms with Gasteiger partial charge in [0.15, 0.2) is 0 Å². The fraction of sp³-hybridized carbons (Fsp3) is 0.0526. The molecule has 0 saturated carbocycles. The minimum absolute atomic E-state index is 0.998. The van der Waals surface area contributed by atoms with E-state index in [1.54, 1.807) is 0 Å². The van der Waals surface area contributed by atoms with Crippen LogP contribution in [0.3, 0.4) is 0 Å². The molecular weight excluding hydrogens is 242 g/mol. The average Bonchev–Trinajstić information content (AvgIpc) is 2.65. The Morgan fingerprint density at radius 2 is 1.50 bits per heavy atom. The first-order valence-electron chi connectivity index (χ1n) is 6.97. The lowest BCUT2D eigenvalue weighted by Crippen LogP contribution is -1.96. The molecule has 0 atom stereocenters. The number of hydrogen-bond acceptors (Lipinski definition) is 0. The number of hydrogen-bond donors (Lipinski definition) is 0. The van der Waals surface area contributed by atoms with E-state index in [-0.39, 0.29) is 0 Å². The number of benzene rings is 2. The summed E-state index contributed by atoms with van der Waals surface area (Å²) >= 11 is 0. The van der Waals surface area contributed by atoms with Crippen LogP contribution in [0.1, 0.15) is 17.7 Å². The minimum Gasteiger partial charge on any atom is -0.309 e. The summed E-state index contributed by atoms with van der Waals surface area (Å²) in [5.74, 6) is 0. The maximum Gasteiger partial charge on any atom is 0.0541 e. The molecule has 1 aromatic heterocycles. The Labute approximate surface area is 118 Å². The SMILES string of the molecule is C1=Cc2c(n(-c3ccccc3)c3ccccc23)C=CC1. The first-order chi connectivity index (χ1) is 9.95. The number of para-hydroxylation sites is 2. The van der Waals surface area contributed by atoms with Crippen molar-refractivity contribution in [2.24, 2.45) is 0 Å². The fourth-order valence-corrected chi connectivity index (χ4v) is 2.92. The molecule has 0 aliphatic heterocycles. The second-order valence-electron chi connectivity index (χ2n) is 5.03. The molecule has 0 amide bonds. The zero-order valence-electron chi connectivity index (χ0n) is 11.2. The number of fused-ring (bicyclic) bond motifs is 3. The predicted molar refractivity (Wildman–Crippen MR) is 86.0 cm³/mol. The third-order valence-corrected chi connectivity index (χ3v) is 3.80. The first kappa shape index (κ1) is 11.3. The van der Waals surface area contributed by atoms with Crippen molar-refractivity contribution in [3.8, 4) is 5.69 Å². The van der Waals surface area contributed by atoms with E-state index in [4.69, 9.17) is 0 Å². The number of nitrogens with zero attached hydrogens (tertiary/aromatic N) is 1. The molecule has 1 heteroatoms. The second kappa shape index (κ2) is 4.53. The molecule has 96 valence electrons. The highest BCUT2D eigenvalue weighted by molar-refractivity contribution is 5.95. The molecule has 0 unspecified atom stereocenters. The Morgan fingerprint density at radius 1 is 0.750 bits per heavy atom. The van der Waals surface area contributed by atoms with Crippen molar-refractivity contribution in [2.45, 2.75) is 6.42 Å². The van der Waals surface area contributed by atoms with Gasteiger partial charge in [0.25, 0.3) is 0 Å². The van der Waals surface area contributed by atoms with Crippen LogP contribution in [-0.2, 0) is 0 Å². The van der Waals surface area contributed by atoms with Gasteiger partial charge in [-0.2, -0.15) is 0 Å². The van der Waals surface area contributed by atoms with Crippen molar-refractivity contribution >= 4 is 23.1 Å². The van der Waals surface area contributed by atoms with Crippen molar-refractivity contribution in [1.29, 1.82) is 0 Å². The van der Waals surface area contributed by atoms with Crippen LogP contribution in [-0.4, -0.2) is 4.57 Å². The quantitative estimate of drug-likeness (QED) is 0.574. The maximum atomic E-state index is 2.34. The van der Waals surface area contributed by atoms with Gasteiger partial charge in [-0.1, -0.05) is 54.6 Å². The number of aromatic nitrogens is 1. The van der Waals surface area contributed by atoms with Crippen molar-refractivity contribution in [2.75, 3.05) is 0 Å².